The molecule has 0 bridgehead atoms. The van der Waals surface area contributed by atoms with Crippen molar-refractivity contribution in [2.75, 3.05) is 0 Å². The lowest BCUT2D eigenvalue weighted by Gasteiger charge is -2.07. The second-order valence-corrected chi connectivity index (χ2v) is 6.14. The number of aromatic nitrogens is 1. The van der Waals surface area contributed by atoms with Crippen molar-refractivity contribution >= 4 is 40.5 Å². The molecule has 4 nitrogen and oxygen atoms in total. The largest absolute Gasteiger partial charge is 0.478 e. The van der Waals surface area contributed by atoms with Crippen molar-refractivity contribution in [1.29, 1.82) is 0 Å². The first kappa shape index (κ1) is 15.5. The van der Waals surface area contributed by atoms with Gasteiger partial charge in [0.1, 0.15) is 0 Å². The molecule has 0 unspecified atom stereocenters. The van der Waals surface area contributed by atoms with Gasteiger partial charge in [-0.1, -0.05) is 12.1 Å². The minimum Gasteiger partial charge on any atom is -0.478 e. The van der Waals surface area contributed by atoms with Crippen molar-refractivity contribution in [3.05, 3.63) is 81.7 Å². The molecule has 0 spiro atoms. The zero-order valence-electron chi connectivity index (χ0n) is 12.1. The Morgan fingerprint density at radius 3 is 2.70 bits per heavy atom. The number of carboxylic acid groups (broad SMARTS) is 1. The van der Waals surface area contributed by atoms with Crippen molar-refractivity contribution in [3.8, 4) is 5.69 Å². The Balaban J connectivity index is 1.94. The molecule has 1 aromatic heterocycles. The van der Waals surface area contributed by atoms with E-state index in [0.29, 0.717) is 0 Å². The molecule has 0 atom stereocenters. The Bertz CT molecular complexity index is 884. The Morgan fingerprint density at radius 1 is 1.09 bits per heavy atom. The molecule has 0 aliphatic heterocycles. The van der Waals surface area contributed by atoms with E-state index in [0.717, 1.165) is 20.6 Å². The Kier molecular flexibility index (Phi) is 4.57. The van der Waals surface area contributed by atoms with Crippen molar-refractivity contribution in [2.24, 2.45) is 4.99 Å². The average Bonchev–Trinajstić information content (AvgIpc) is 3.01. The first-order chi connectivity index (χ1) is 11.1. The molecule has 0 saturated heterocycles. The van der Waals surface area contributed by atoms with E-state index in [1.54, 1.807) is 24.4 Å². The topological polar surface area (TPSA) is 54.6 Å². The van der Waals surface area contributed by atoms with E-state index >= 15 is 0 Å². The number of nitrogens with zero attached hydrogens (tertiary/aromatic N) is 2. The lowest BCUT2D eigenvalue weighted by Crippen LogP contribution is -2.01. The quantitative estimate of drug-likeness (QED) is 0.502. The molecule has 0 radical (unpaired) electrons. The van der Waals surface area contributed by atoms with Crippen LogP contribution in [-0.4, -0.2) is 21.9 Å². The van der Waals surface area contributed by atoms with Gasteiger partial charge in [0.25, 0.3) is 0 Å². The molecule has 1 heterocycles. The molecule has 0 aliphatic carbocycles. The van der Waals surface area contributed by atoms with Crippen LogP contribution < -0.4 is 0 Å². The van der Waals surface area contributed by atoms with E-state index in [2.05, 4.69) is 27.6 Å². The van der Waals surface area contributed by atoms with E-state index in [4.69, 9.17) is 5.11 Å². The van der Waals surface area contributed by atoms with Crippen LogP contribution in [0.15, 0.2) is 71.9 Å². The molecule has 0 fully saturated rings. The third kappa shape index (κ3) is 3.68. The fourth-order valence-corrected chi connectivity index (χ4v) is 2.75. The molecule has 23 heavy (non-hydrogen) atoms. The third-order valence-corrected chi connectivity index (χ3v) is 3.98. The van der Waals surface area contributed by atoms with Crippen molar-refractivity contribution < 1.29 is 9.90 Å². The summed E-state index contributed by atoms with van der Waals surface area (Å²) in [4.78, 5) is 15.6. The van der Waals surface area contributed by atoms with Crippen LogP contribution in [0.3, 0.4) is 0 Å². The predicted molar refractivity (Wildman–Crippen MR) is 99.1 cm³/mol. The fourth-order valence-electron chi connectivity index (χ4n) is 2.22. The van der Waals surface area contributed by atoms with E-state index < -0.39 is 5.97 Å². The molecule has 2 aromatic carbocycles. The lowest BCUT2D eigenvalue weighted by molar-refractivity contribution is 0.0697. The maximum Gasteiger partial charge on any atom is 0.335 e. The molecule has 3 aromatic rings. The Morgan fingerprint density at radius 2 is 1.91 bits per heavy atom. The molecule has 3 rings (SSSR count). The highest BCUT2D eigenvalue weighted by Crippen LogP contribution is 2.17. The predicted octanol–water partition coefficient (Wildman–Crippen LogP) is 4.53. The molecular formula is C18H13IN2O2. The van der Waals surface area contributed by atoms with Crippen LogP contribution >= 0.6 is 22.6 Å². The minimum atomic E-state index is -0.937. The number of benzene rings is 2. The van der Waals surface area contributed by atoms with Crippen molar-refractivity contribution in [3.63, 3.8) is 0 Å². The zero-order chi connectivity index (χ0) is 16.2. The van der Waals surface area contributed by atoms with Gasteiger partial charge in [0, 0.05) is 15.5 Å². The van der Waals surface area contributed by atoms with Gasteiger partial charge in [-0.2, -0.15) is 0 Å². The average molecular weight is 416 g/mol. The second kappa shape index (κ2) is 6.78. The lowest BCUT2D eigenvalue weighted by atomic mass is 10.2. The maximum atomic E-state index is 11.1. The van der Waals surface area contributed by atoms with Crippen molar-refractivity contribution in [2.45, 2.75) is 0 Å². The standard InChI is InChI=1S/C18H13IN2O2/c19-14-5-2-6-15(11-14)20-12-17-8-3-9-21(17)16-7-1-4-13(10-16)18(22)23/h1-12H,(H,22,23). The van der Waals surface area contributed by atoms with Gasteiger partial charge in [0.05, 0.1) is 23.2 Å². The fraction of sp³-hybridized carbons (Fsp3) is 0. The van der Waals surface area contributed by atoms with Crippen LogP contribution in [-0.2, 0) is 0 Å². The number of hydrogen-bond donors (Lipinski definition) is 1. The first-order valence-electron chi connectivity index (χ1n) is 6.94. The van der Waals surface area contributed by atoms with Gasteiger partial charge in [0.2, 0.25) is 0 Å². The smallest absolute Gasteiger partial charge is 0.335 e. The third-order valence-electron chi connectivity index (χ3n) is 3.31. The van der Waals surface area contributed by atoms with Crippen LogP contribution in [0.5, 0.6) is 0 Å². The summed E-state index contributed by atoms with van der Waals surface area (Å²) < 4.78 is 3.03. The van der Waals surface area contributed by atoms with E-state index in [1.165, 1.54) is 0 Å². The summed E-state index contributed by atoms with van der Waals surface area (Å²) in [6, 6.07) is 18.6. The number of aliphatic imine (C=N–C) groups is 1. The highest BCUT2D eigenvalue weighted by molar-refractivity contribution is 14.1. The van der Waals surface area contributed by atoms with Crippen LogP contribution in [0.1, 0.15) is 16.1 Å². The normalized spacial score (nSPS) is 11.0. The van der Waals surface area contributed by atoms with E-state index in [9.17, 15) is 4.79 Å². The summed E-state index contributed by atoms with van der Waals surface area (Å²) in [5.41, 5.74) is 2.81. The van der Waals surface area contributed by atoms with Gasteiger partial charge in [-0.05, 0) is 71.1 Å². The van der Waals surface area contributed by atoms with E-state index in [-0.39, 0.29) is 5.56 Å². The summed E-state index contributed by atoms with van der Waals surface area (Å²) in [5, 5.41) is 9.12. The first-order valence-corrected chi connectivity index (χ1v) is 8.02. The van der Waals surface area contributed by atoms with Gasteiger partial charge in [-0.25, -0.2) is 4.79 Å². The van der Waals surface area contributed by atoms with Crippen LogP contribution in [0.2, 0.25) is 0 Å². The summed E-state index contributed by atoms with van der Waals surface area (Å²) in [7, 11) is 0. The summed E-state index contributed by atoms with van der Waals surface area (Å²) in [5.74, 6) is -0.937. The molecule has 0 aliphatic rings. The molecular weight excluding hydrogens is 403 g/mol. The minimum absolute atomic E-state index is 0.261. The van der Waals surface area contributed by atoms with Gasteiger partial charge >= 0.3 is 5.97 Å². The Hall–Kier alpha value is -2.41. The van der Waals surface area contributed by atoms with Gasteiger partial charge in [-0.15, -0.1) is 0 Å². The second-order valence-electron chi connectivity index (χ2n) is 4.90. The summed E-state index contributed by atoms with van der Waals surface area (Å²) in [6.45, 7) is 0. The van der Waals surface area contributed by atoms with Crippen molar-refractivity contribution in [1.82, 2.24) is 4.57 Å². The monoisotopic (exact) mass is 416 g/mol. The molecule has 5 heteroatoms. The van der Waals surface area contributed by atoms with Gasteiger partial charge < -0.3 is 9.67 Å². The number of carboxylic acids is 1. The molecule has 1 N–H and O–H groups in total. The summed E-state index contributed by atoms with van der Waals surface area (Å²) in [6.07, 6.45) is 3.66. The van der Waals surface area contributed by atoms with E-state index in [1.807, 2.05) is 53.2 Å². The highest BCUT2D eigenvalue weighted by Gasteiger charge is 2.06. The maximum absolute atomic E-state index is 11.1. The highest BCUT2D eigenvalue weighted by atomic mass is 127. The number of carbonyl (C=O) groups is 1. The number of hydrogen-bond acceptors (Lipinski definition) is 2. The number of rotatable bonds is 4. The number of halogens is 1. The Labute approximate surface area is 147 Å². The van der Waals surface area contributed by atoms with Gasteiger partial charge in [0.15, 0.2) is 0 Å². The zero-order valence-corrected chi connectivity index (χ0v) is 14.2. The number of aromatic carboxylic acids is 1. The van der Waals surface area contributed by atoms with Crippen LogP contribution in [0, 0.1) is 3.57 Å². The summed E-state index contributed by atoms with van der Waals surface area (Å²) >= 11 is 2.25. The van der Waals surface area contributed by atoms with Crippen LogP contribution in [0.4, 0.5) is 5.69 Å². The van der Waals surface area contributed by atoms with Crippen LogP contribution in [0.25, 0.3) is 5.69 Å². The SMILES string of the molecule is O=C(O)c1cccc(-n2cccc2C=Nc2cccc(I)c2)c1. The van der Waals surface area contributed by atoms with Gasteiger partial charge in [-0.3, -0.25) is 4.99 Å². The molecule has 114 valence electrons. The molecule has 0 saturated carbocycles. The molecule has 0 amide bonds.